The van der Waals surface area contributed by atoms with Crippen LogP contribution in [0.5, 0.6) is 0 Å². The van der Waals surface area contributed by atoms with E-state index in [4.69, 9.17) is 5.11 Å². The molecule has 1 saturated heterocycles. The molecule has 6 heteroatoms. The van der Waals surface area contributed by atoms with Crippen molar-refractivity contribution in [2.75, 3.05) is 0 Å². The molecule has 19 heavy (non-hydrogen) atoms. The molecule has 2 N–H and O–H groups in total. The molecule has 0 saturated carbocycles. The summed E-state index contributed by atoms with van der Waals surface area (Å²) in [5.74, 6) is -0.296. The third-order valence-electron chi connectivity index (χ3n) is 2.40. The Morgan fingerprint density at radius 2 is 1.74 bits per heavy atom. The number of benzene rings is 1. The number of carbonyl (C=O) groups excluding carboxylic acids is 2. The smallest absolute Gasteiger partial charge is 0.450 e. The predicted octanol–water partition coefficient (Wildman–Crippen LogP) is 1.87. The first-order valence-corrected chi connectivity index (χ1v) is 5.76. The van der Waals surface area contributed by atoms with E-state index in [9.17, 15) is 14.4 Å². The molecule has 1 atom stereocenters. The molecule has 6 nitrogen and oxygen atoms in total. The Kier molecular flexibility index (Phi) is 5.53. The zero-order valence-electron chi connectivity index (χ0n) is 10.5. The van der Waals surface area contributed by atoms with Gasteiger partial charge < -0.3 is 9.84 Å². The quantitative estimate of drug-likeness (QED) is 0.629. The topological polar surface area (TPSA) is 92.7 Å². The summed E-state index contributed by atoms with van der Waals surface area (Å²) in [6.45, 7) is 1.70. The molecule has 0 spiro atoms. The maximum atomic E-state index is 10.2. The summed E-state index contributed by atoms with van der Waals surface area (Å²) in [4.78, 5) is 30.4. The molecule has 102 valence electrons. The third-order valence-corrected chi connectivity index (χ3v) is 2.40. The van der Waals surface area contributed by atoms with Crippen molar-refractivity contribution in [3.63, 3.8) is 0 Å². The minimum absolute atomic E-state index is 0.148. The molecule has 1 aliphatic rings. The van der Waals surface area contributed by atoms with Gasteiger partial charge in [0.1, 0.15) is 6.10 Å². The molecular weight excluding hydrogens is 250 g/mol. The van der Waals surface area contributed by atoms with Crippen molar-refractivity contribution in [1.82, 2.24) is 5.32 Å². The molecule has 1 aromatic carbocycles. The lowest BCUT2D eigenvalue weighted by molar-refractivity contribution is -0.124. The van der Waals surface area contributed by atoms with Gasteiger partial charge in [-0.15, -0.1) is 0 Å². The van der Waals surface area contributed by atoms with E-state index in [1.54, 1.807) is 6.92 Å². The van der Waals surface area contributed by atoms with E-state index < -0.39 is 12.3 Å². The fraction of sp³-hybridized carbons (Fsp3) is 0.308. The average molecular weight is 265 g/mol. The van der Waals surface area contributed by atoms with Gasteiger partial charge in [-0.1, -0.05) is 30.3 Å². The van der Waals surface area contributed by atoms with E-state index in [1.807, 2.05) is 30.3 Å². The van der Waals surface area contributed by atoms with Gasteiger partial charge in [0.05, 0.1) is 0 Å². The van der Waals surface area contributed by atoms with Crippen LogP contribution in [0.1, 0.15) is 31.4 Å². The van der Waals surface area contributed by atoms with Crippen molar-refractivity contribution in [3.05, 3.63) is 35.9 Å². The lowest BCUT2D eigenvalue weighted by Gasteiger charge is -2.09. The molecule has 1 aliphatic heterocycles. The predicted molar refractivity (Wildman–Crippen MR) is 66.4 cm³/mol. The third kappa shape index (κ3) is 5.67. The number of carboxylic acid groups (broad SMARTS) is 1. The normalized spacial score (nSPS) is 15.0. The lowest BCUT2D eigenvalue weighted by Crippen LogP contribution is -2.18. The van der Waals surface area contributed by atoms with Gasteiger partial charge >= 0.3 is 6.16 Å². The zero-order valence-corrected chi connectivity index (χ0v) is 10.5. The second-order valence-corrected chi connectivity index (χ2v) is 3.91. The summed E-state index contributed by atoms with van der Waals surface area (Å²) in [6.07, 6.45) is -0.896. The van der Waals surface area contributed by atoms with Gasteiger partial charge in [-0.05, 0) is 12.5 Å². The van der Waals surface area contributed by atoms with Crippen molar-refractivity contribution in [1.29, 1.82) is 0 Å². The fourth-order valence-electron chi connectivity index (χ4n) is 1.45. The monoisotopic (exact) mass is 265 g/mol. The Morgan fingerprint density at radius 3 is 2.11 bits per heavy atom. The highest BCUT2D eigenvalue weighted by Gasteiger charge is 2.15. The highest BCUT2D eigenvalue weighted by atomic mass is 16.7. The number of hydrogen-bond acceptors (Lipinski definition) is 4. The fourth-order valence-corrected chi connectivity index (χ4v) is 1.45. The van der Waals surface area contributed by atoms with Gasteiger partial charge in [0.2, 0.25) is 11.8 Å². The molecule has 0 aliphatic carbocycles. The van der Waals surface area contributed by atoms with Crippen molar-refractivity contribution >= 4 is 18.0 Å². The highest BCUT2D eigenvalue weighted by Crippen LogP contribution is 2.15. The maximum absolute atomic E-state index is 10.2. The molecular formula is C13H15NO5. The number of hydrogen-bond donors (Lipinski definition) is 2. The Labute approximate surface area is 110 Å². The summed E-state index contributed by atoms with van der Waals surface area (Å²) in [5, 5.41) is 10.5. The summed E-state index contributed by atoms with van der Waals surface area (Å²) in [6, 6.07) is 9.21. The first-order valence-electron chi connectivity index (χ1n) is 5.76. The number of ether oxygens (including phenoxy) is 1. The summed E-state index contributed by atoms with van der Waals surface area (Å²) < 4.78 is 4.55. The van der Waals surface area contributed by atoms with Gasteiger partial charge in [0.15, 0.2) is 0 Å². The maximum Gasteiger partial charge on any atom is 0.506 e. The van der Waals surface area contributed by atoms with Gasteiger partial charge in [-0.3, -0.25) is 14.9 Å². The van der Waals surface area contributed by atoms with Crippen molar-refractivity contribution in [2.45, 2.75) is 25.9 Å². The van der Waals surface area contributed by atoms with Crippen LogP contribution in [0.25, 0.3) is 0 Å². The average Bonchev–Trinajstić information content (AvgIpc) is 2.74. The summed E-state index contributed by atoms with van der Waals surface area (Å²) in [5.41, 5.74) is 0.861. The van der Waals surface area contributed by atoms with E-state index in [1.165, 1.54) is 0 Å². The number of nitrogens with one attached hydrogen (secondary N) is 1. The molecule has 0 aromatic heterocycles. The SMILES string of the molecule is CC(OC(=O)O)c1ccccc1.O=C1CCC(=O)N1. The van der Waals surface area contributed by atoms with Crippen LogP contribution in [-0.4, -0.2) is 23.1 Å². The molecule has 2 amide bonds. The minimum atomic E-state index is -1.24. The van der Waals surface area contributed by atoms with Gasteiger partial charge in [-0.2, -0.15) is 0 Å². The van der Waals surface area contributed by atoms with Crippen molar-refractivity contribution in [2.24, 2.45) is 0 Å². The van der Waals surface area contributed by atoms with Gasteiger partial charge in [0.25, 0.3) is 0 Å². The second-order valence-electron chi connectivity index (χ2n) is 3.91. The van der Waals surface area contributed by atoms with Crippen molar-refractivity contribution < 1.29 is 24.2 Å². The van der Waals surface area contributed by atoms with Crippen LogP contribution in [0.4, 0.5) is 4.79 Å². The van der Waals surface area contributed by atoms with Crippen LogP contribution >= 0.6 is 0 Å². The van der Waals surface area contributed by atoms with Crippen LogP contribution in [0.3, 0.4) is 0 Å². The van der Waals surface area contributed by atoms with Crippen LogP contribution in [0, 0.1) is 0 Å². The Morgan fingerprint density at radius 1 is 1.21 bits per heavy atom. The van der Waals surface area contributed by atoms with Crippen LogP contribution in [0.15, 0.2) is 30.3 Å². The van der Waals surface area contributed by atoms with E-state index in [0.29, 0.717) is 12.8 Å². The molecule has 0 bridgehead atoms. The number of rotatable bonds is 2. The second kappa shape index (κ2) is 7.15. The lowest BCUT2D eigenvalue weighted by atomic mass is 10.1. The summed E-state index contributed by atoms with van der Waals surface area (Å²) >= 11 is 0. The van der Waals surface area contributed by atoms with Gasteiger partial charge in [-0.25, -0.2) is 4.79 Å². The molecule has 0 radical (unpaired) electrons. The Balaban J connectivity index is 0.000000218. The van der Waals surface area contributed by atoms with Gasteiger partial charge in [0, 0.05) is 12.8 Å². The molecule has 1 heterocycles. The Bertz CT molecular complexity index is 443. The number of carbonyl (C=O) groups is 3. The van der Waals surface area contributed by atoms with Crippen LogP contribution < -0.4 is 5.32 Å². The zero-order chi connectivity index (χ0) is 14.3. The van der Waals surface area contributed by atoms with E-state index in [0.717, 1.165) is 5.56 Å². The summed E-state index contributed by atoms with van der Waals surface area (Å²) in [7, 11) is 0. The molecule has 2 rings (SSSR count). The van der Waals surface area contributed by atoms with Crippen LogP contribution in [0.2, 0.25) is 0 Å². The van der Waals surface area contributed by atoms with E-state index in [-0.39, 0.29) is 11.8 Å². The molecule has 1 fully saturated rings. The molecule has 1 aromatic rings. The molecule has 1 unspecified atom stereocenters. The number of imide groups is 1. The first kappa shape index (κ1) is 14.7. The van der Waals surface area contributed by atoms with E-state index in [2.05, 4.69) is 10.1 Å². The standard InChI is InChI=1S/C9H10O3.C4H5NO2/c1-7(12-9(10)11)8-5-3-2-4-6-8;6-3-1-2-4(7)5-3/h2-7H,1H3,(H,10,11);1-2H2,(H,5,6,7). The van der Waals surface area contributed by atoms with Crippen LogP contribution in [-0.2, 0) is 14.3 Å². The van der Waals surface area contributed by atoms with Crippen molar-refractivity contribution in [3.8, 4) is 0 Å². The number of amides is 2. The minimum Gasteiger partial charge on any atom is -0.450 e. The van der Waals surface area contributed by atoms with E-state index >= 15 is 0 Å². The Hall–Kier alpha value is -2.37. The first-order chi connectivity index (χ1) is 8.99. The highest BCUT2D eigenvalue weighted by molar-refractivity contribution is 6.01. The largest absolute Gasteiger partial charge is 0.506 e.